The number of carbonyl (C=O) groups excluding carboxylic acids is 1. The highest BCUT2D eigenvalue weighted by molar-refractivity contribution is 5.99. The Morgan fingerprint density at radius 2 is 1.86 bits per heavy atom. The summed E-state index contributed by atoms with van der Waals surface area (Å²) < 4.78 is 7.00. The fourth-order valence-electron chi connectivity index (χ4n) is 3.48. The molecule has 4 heterocycles. The molecule has 3 aromatic heterocycles. The first kappa shape index (κ1) is 17.3. The molecule has 1 aliphatic rings. The normalized spacial score (nSPS) is 13.7. The number of aromatic nitrogens is 5. The number of amides is 1. The molecule has 0 radical (unpaired) electrons. The highest BCUT2D eigenvalue weighted by atomic mass is 16.5. The maximum atomic E-state index is 13.1. The average molecular weight is 386 g/mol. The quantitative estimate of drug-likeness (QED) is 0.538. The van der Waals surface area contributed by atoms with E-state index in [4.69, 9.17) is 4.52 Å². The lowest BCUT2D eigenvalue weighted by Gasteiger charge is -2.19. The first-order valence-corrected chi connectivity index (χ1v) is 9.43. The molecule has 29 heavy (non-hydrogen) atoms. The summed E-state index contributed by atoms with van der Waals surface area (Å²) >= 11 is 0. The van der Waals surface area contributed by atoms with Gasteiger partial charge in [0, 0.05) is 43.0 Å². The van der Waals surface area contributed by atoms with Crippen molar-refractivity contribution in [3.63, 3.8) is 0 Å². The second-order valence-electron chi connectivity index (χ2n) is 6.80. The summed E-state index contributed by atoms with van der Waals surface area (Å²) in [7, 11) is 0. The van der Waals surface area contributed by atoms with Crippen LogP contribution in [0.4, 0.5) is 0 Å². The average Bonchev–Trinajstić information content (AvgIpc) is 3.38. The van der Waals surface area contributed by atoms with Gasteiger partial charge in [-0.05, 0) is 12.1 Å². The van der Waals surface area contributed by atoms with E-state index >= 15 is 0 Å². The summed E-state index contributed by atoms with van der Waals surface area (Å²) in [4.78, 5) is 23.7. The van der Waals surface area contributed by atoms with E-state index in [0.29, 0.717) is 43.1 Å². The Kier molecular flexibility index (Phi) is 4.36. The molecule has 0 fully saturated rings. The van der Waals surface area contributed by atoms with Crippen LogP contribution in [0, 0.1) is 0 Å². The number of hydrogen-bond acceptors (Lipinski definition) is 6. The van der Waals surface area contributed by atoms with Crippen molar-refractivity contribution >= 4 is 5.91 Å². The van der Waals surface area contributed by atoms with Gasteiger partial charge in [0.05, 0.1) is 6.54 Å². The second kappa shape index (κ2) is 7.31. The van der Waals surface area contributed by atoms with Crippen molar-refractivity contribution in [2.24, 2.45) is 0 Å². The van der Waals surface area contributed by atoms with Crippen LogP contribution in [0.3, 0.4) is 0 Å². The third-order valence-electron chi connectivity index (χ3n) is 4.99. The van der Waals surface area contributed by atoms with Gasteiger partial charge in [0.1, 0.15) is 23.3 Å². The van der Waals surface area contributed by atoms with Gasteiger partial charge in [0.15, 0.2) is 5.82 Å². The highest BCUT2D eigenvalue weighted by Gasteiger charge is 2.26. The Hall–Kier alpha value is -3.81. The van der Waals surface area contributed by atoms with Crippen LogP contribution in [-0.2, 0) is 13.0 Å². The molecule has 1 aliphatic heterocycles. The molecule has 0 aliphatic carbocycles. The van der Waals surface area contributed by atoms with Crippen molar-refractivity contribution in [3.8, 4) is 22.6 Å². The first-order valence-electron chi connectivity index (χ1n) is 9.43. The van der Waals surface area contributed by atoms with Gasteiger partial charge in [-0.15, -0.1) is 0 Å². The molecule has 144 valence electrons. The van der Waals surface area contributed by atoms with Crippen molar-refractivity contribution in [1.82, 2.24) is 29.8 Å². The third-order valence-corrected chi connectivity index (χ3v) is 4.99. The van der Waals surface area contributed by atoms with Crippen LogP contribution in [0.2, 0.25) is 0 Å². The minimum atomic E-state index is -0.0941. The number of fused-ring (bicyclic) bond motifs is 1. The molecule has 1 amide bonds. The molecule has 5 rings (SSSR count). The maximum Gasteiger partial charge on any atom is 0.259 e. The second-order valence-corrected chi connectivity index (χ2v) is 6.80. The predicted octanol–water partition coefficient (Wildman–Crippen LogP) is 2.69. The van der Waals surface area contributed by atoms with Gasteiger partial charge in [0.2, 0.25) is 0 Å². The summed E-state index contributed by atoms with van der Waals surface area (Å²) in [6.45, 7) is 1.69. The smallest absolute Gasteiger partial charge is 0.259 e. The number of nitrogens with zero attached hydrogens (tertiary/aromatic N) is 6. The van der Waals surface area contributed by atoms with E-state index in [1.165, 1.54) is 6.26 Å². The lowest BCUT2D eigenvalue weighted by atomic mass is 10.1. The van der Waals surface area contributed by atoms with Gasteiger partial charge < -0.3 is 9.42 Å². The summed E-state index contributed by atoms with van der Waals surface area (Å²) in [5.41, 5.74) is 2.78. The van der Waals surface area contributed by atoms with E-state index in [0.717, 1.165) is 17.0 Å². The molecule has 0 bridgehead atoms. The van der Waals surface area contributed by atoms with E-state index in [2.05, 4.69) is 20.2 Å². The van der Waals surface area contributed by atoms with Crippen molar-refractivity contribution in [3.05, 3.63) is 72.5 Å². The molecule has 0 saturated heterocycles. The molecule has 1 aromatic carbocycles. The van der Waals surface area contributed by atoms with Gasteiger partial charge in [-0.25, -0.2) is 9.67 Å². The summed E-state index contributed by atoms with van der Waals surface area (Å²) in [5.74, 6) is 1.44. The fraction of sp³-hybridized carbons (Fsp3) is 0.190. The zero-order valence-electron chi connectivity index (χ0n) is 15.6. The lowest BCUT2D eigenvalue weighted by Crippen LogP contribution is -2.33. The van der Waals surface area contributed by atoms with Crippen molar-refractivity contribution in [2.45, 2.75) is 13.0 Å². The third kappa shape index (κ3) is 3.29. The van der Waals surface area contributed by atoms with Crippen molar-refractivity contribution in [2.75, 3.05) is 13.1 Å². The van der Waals surface area contributed by atoms with Crippen molar-refractivity contribution in [1.29, 1.82) is 0 Å². The van der Waals surface area contributed by atoms with Crippen LogP contribution >= 0.6 is 0 Å². The molecule has 0 N–H and O–H groups in total. The number of pyridine rings is 1. The standard InChI is InChI=1S/C21H18N6O2/c28-21(17-14-29-25-19(17)15-5-2-1-3-6-15)26-10-8-18-23-20(24-27(18)12-11-26)16-7-4-9-22-13-16/h1-7,9,13-14H,8,10-12H2. The van der Waals surface area contributed by atoms with E-state index in [1.54, 1.807) is 17.3 Å². The number of carbonyl (C=O) groups is 1. The number of benzene rings is 1. The molecular weight excluding hydrogens is 368 g/mol. The predicted molar refractivity (Wildman–Crippen MR) is 105 cm³/mol. The van der Waals surface area contributed by atoms with E-state index in [1.807, 2.05) is 47.1 Å². The van der Waals surface area contributed by atoms with Crippen LogP contribution in [0.25, 0.3) is 22.6 Å². The SMILES string of the molecule is O=C(c1conc1-c1ccccc1)N1CCc2nc(-c3cccnc3)nn2CC1. The van der Waals surface area contributed by atoms with Gasteiger partial charge in [0.25, 0.3) is 5.91 Å². The van der Waals surface area contributed by atoms with E-state index in [-0.39, 0.29) is 5.91 Å². The molecule has 0 saturated carbocycles. The van der Waals surface area contributed by atoms with E-state index < -0.39 is 0 Å². The molecule has 8 heteroatoms. The molecule has 0 unspecified atom stereocenters. The molecule has 0 atom stereocenters. The minimum Gasteiger partial charge on any atom is -0.363 e. The highest BCUT2D eigenvalue weighted by Crippen LogP contribution is 2.24. The van der Waals surface area contributed by atoms with Gasteiger partial charge >= 0.3 is 0 Å². The van der Waals surface area contributed by atoms with Crippen molar-refractivity contribution < 1.29 is 9.32 Å². The Bertz CT molecular complexity index is 1110. The lowest BCUT2D eigenvalue weighted by molar-refractivity contribution is 0.0758. The Balaban J connectivity index is 1.35. The number of hydrogen-bond donors (Lipinski definition) is 0. The first-order chi connectivity index (χ1) is 14.3. The van der Waals surface area contributed by atoms with Crippen LogP contribution < -0.4 is 0 Å². The molecule has 8 nitrogen and oxygen atoms in total. The van der Waals surface area contributed by atoms with E-state index in [9.17, 15) is 4.79 Å². The van der Waals surface area contributed by atoms with Gasteiger partial charge in [-0.3, -0.25) is 9.78 Å². The molecular formula is C21H18N6O2. The summed E-state index contributed by atoms with van der Waals surface area (Å²) in [6, 6.07) is 13.4. The minimum absolute atomic E-state index is 0.0941. The maximum absolute atomic E-state index is 13.1. The zero-order chi connectivity index (χ0) is 19.6. The van der Waals surface area contributed by atoms with Crippen LogP contribution in [-0.4, -0.2) is 48.8 Å². The van der Waals surface area contributed by atoms with Gasteiger partial charge in [-0.2, -0.15) is 5.10 Å². The Morgan fingerprint density at radius 1 is 1.00 bits per heavy atom. The zero-order valence-corrected chi connectivity index (χ0v) is 15.6. The molecule has 4 aromatic rings. The largest absolute Gasteiger partial charge is 0.363 e. The van der Waals surface area contributed by atoms with Gasteiger partial charge in [-0.1, -0.05) is 35.5 Å². The number of rotatable bonds is 3. The topological polar surface area (TPSA) is 89.9 Å². The Labute approximate surface area is 166 Å². The monoisotopic (exact) mass is 386 g/mol. The summed E-state index contributed by atoms with van der Waals surface area (Å²) in [5, 5.41) is 8.64. The summed E-state index contributed by atoms with van der Waals surface area (Å²) in [6.07, 6.45) is 5.53. The Morgan fingerprint density at radius 3 is 2.69 bits per heavy atom. The molecule has 0 spiro atoms. The van der Waals surface area contributed by atoms with Crippen LogP contribution in [0.15, 0.2) is 65.6 Å². The van der Waals surface area contributed by atoms with Crippen LogP contribution in [0.5, 0.6) is 0 Å². The van der Waals surface area contributed by atoms with Crippen LogP contribution in [0.1, 0.15) is 16.2 Å². The fourth-order valence-corrected chi connectivity index (χ4v) is 3.48.